The summed E-state index contributed by atoms with van der Waals surface area (Å²) in [7, 11) is 0. The maximum absolute atomic E-state index is 6.18. The fourth-order valence-corrected chi connectivity index (χ4v) is 4.44. The molecule has 33 heavy (non-hydrogen) atoms. The van der Waals surface area contributed by atoms with E-state index in [1.807, 2.05) is 0 Å². The van der Waals surface area contributed by atoms with Crippen molar-refractivity contribution in [3.63, 3.8) is 0 Å². The van der Waals surface area contributed by atoms with Crippen LogP contribution in [0.25, 0.3) is 5.57 Å². The number of rotatable bonds is 6. The van der Waals surface area contributed by atoms with Crippen LogP contribution >= 0.6 is 0 Å². The minimum Gasteiger partial charge on any atom is -0.345 e. The van der Waals surface area contributed by atoms with Crippen LogP contribution in [0, 0.1) is 20.8 Å². The fourth-order valence-electron chi connectivity index (χ4n) is 4.44. The molecule has 1 saturated heterocycles. The van der Waals surface area contributed by atoms with E-state index in [9.17, 15) is 0 Å². The summed E-state index contributed by atoms with van der Waals surface area (Å²) in [5, 5.41) is 0. The zero-order valence-electron chi connectivity index (χ0n) is 20.5. The molecule has 1 aliphatic heterocycles. The van der Waals surface area contributed by atoms with Crippen LogP contribution in [-0.2, 0) is 9.47 Å². The smallest absolute Gasteiger partial charge is 0.184 e. The molecule has 0 amide bonds. The Hall–Kier alpha value is -2.88. The zero-order valence-corrected chi connectivity index (χ0v) is 20.5. The number of ether oxygens (including phenoxy) is 2. The molecule has 3 nitrogen and oxygen atoms in total. The van der Waals surface area contributed by atoms with Crippen LogP contribution < -0.4 is 4.90 Å². The predicted molar refractivity (Wildman–Crippen MR) is 138 cm³/mol. The van der Waals surface area contributed by atoms with Gasteiger partial charge in [-0.1, -0.05) is 55.0 Å². The molecule has 3 heteroatoms. The lowest BCUT2D eigenvalue weighted by molar-refractivity contribution is -0.209. The number of benzene rings is 3. The molecule has 3 atom stereocenters. The largest absolute Gasteiger partial charge is 0.345 e. The normalized spacial score (nSPS) is 20.5. The van der Waals surface area contributed by atoms with Crippen molar-refractivity contribution in [2.75, 3.05) is 4.90 Å². The molecule has 1 heterocycles. The molecule has 0 spiro atoms. The van der Waals surface area contributed by atoms with Crippen molar-refractivity contribution < 1.29 is 9.47 Å². The Morgan fingerprint density at radius 3 is 1.91 bits per heavy atom. The van der Waals surface area contributed by atoms with Gasteiger partial charge in [0.2, 0.25) is 0 Å². The maximum atomic E-state index is 6.18. The average molecular weight is 442 g/mol. The molecule has 172 valence electrons. The molecule has 3 unspecified atom stereocenters. The molecule has 0 N–H and O–H groups in total. The Bertz CT molecular complexity index is 1060. The molecule has 3 aromatic rings. The van der Waals surface area contributed by atoms with Crippen molar-refractivity contribution in [1.29, 1.82) is 0 Å². The van der Waals surface area contributed by atoms with E-state index >= 15 is 0 Å². The second-order valence-corrected chi connectivity index (χ2v) is 9.21. The van der Waals surface area contributed by atoms with E-state index in [0.717, 1.165) is 46.6 Å². The van der Waals surface area contributed by atoms with Gasteiger partial charge in [-0.25, -0.2) is 0 Å². The van der Waals surface area contributed by atoms with E-state index in [1.165, 1.54) is 11.1 Å². The van der Waals surface area contributed by atoms with Gasteiger partial charge in [-0.15, -0.1) is 0 Å². The molecular weight excluding hydrogens is 406 g/mol. The quantitative estimate of drug-likeness (QED) is 0.386. The van der Waals surface area contributed by atoms with Gasteiger partial charge in [-0.2, -0.15) is 0 Å². The van der Waals surface area contributed by atoms with Crippen LogP contribution in [0.5, 0.6) is 0 Å². The summed E-state index contributed by atoms with van der Waals surface area (Å²) in [5.41, 5.74) is 9.00. The van der Waals surface area contributed by atoms with Gasteiger partial charge in [0.15, 0.2) is 6.29 Å². The highest BCUT2D eigenvalue weighted by Gasteiger charge is 2.29. The molecule has 1 fully saturated rings. The molecule has 3 aromatic carbocycles. The number of aryl methyl sites for hydroxylation is 3. The van der Waals surface area contributed by atoms with Crippen molar-refractivity contribution in [3.05, 3.63) is 95.6 Å². The monoisotopic (exact) mass is 441 g/mol. The summed E-state index contributed by atoms with van der Waals surface area (Å²) < 4.78 is 12.3. The lowest BCUT2D eigenvalue weighted by atomic mass is 9.98. The van der Waals surface area contributed by atoms with Gasteiger partial charge in [-0.3, -0.25) is 0 Å². The van der Waals surface area contributed by atoms with Crippen LogP contribution in [0.1, 0.15) is 48.9 Å². The van der Waals surface area contributed by atoms with E-state index in [-0.39, 0.29) is 12.2 Å². The minimum absolute atomic E-state index is 0.170. The number of hydrogen-bond acceptors (Lipinski definition) is 3. The van der Waals surface area contributed by atoms with Gasteiger partial charge in [0, 0.05) is 22.6 Å². The SMILES string of the molecule is C=C(c1ccc(N(c2ccc(C)cc2)c2ccc(C)cc2)cc1C)C1OC(C)CC(CC)O1. The van der Waals surface area contributed by atoms with Gasteiger partial charge < -0.3 is 14.4 Å². The van der Waals surface area contributed by atoms with Crippen molar-refractivity contribution >= 4 is 22.6 Å². The third-order valence-electron chi connectivity index (χ3n) is 6.41. The second kappa shape index (κ2) is 9.94. The van der Waals surface area contributed by atoms with E-state index in [1.54, 1.807) is 0 Å². The summed E-state index contributed by atoms with van der Waals surface area (Å²) in [4.78, 5) is 2.29. The first-order valence-corrected chi connectivity index (χ1v) is 11.9. The van der Waals surface area contributed by atoms with Crippen molar-refractivity contribution in [2.24, 2.45) is 0 Å². The Morgan fingerprint density at radius 2 is 1.39 bits per heavy atom. The highest BCUT2D eigenvalue weighted by molar-refractivity contribution is 5.79. The highest BCUT2D eigenvalue weighted by atomic mass is 16.7. The third kappa shape index (κ3) is 5.21. The predicted octanol–water partition coefficient (Wildman–Crippen LogP) is 8.02. The fraction of sp³-hybridized carbons (Fsp3) is 0.333. The highest BCUT2D eigenvalue weighted by Crippen LogP contribution is 2.37. The van der Waals surface area contributed by atoms with Crippen molar-refractivity contribution in [3.8, 4) is 0 Å². The number of hydrogen-bond donors (Lipinski definition) is 0. The van der Waals surface area contributed by atoms with E-state index in [2.05, 4.69) is 113 Å². The Kier molecular flexibility index (Phi) is 7.02. The summed E-state index contributed by atoms with van der Waals surface area (Å²) in [6.45, 7) is 15.0. The molecule has 0 aromatic heterocycles. The third-order valence-corrected chi connectivity index (χ3v) is 6.41. The van der Waals surface area contributed by atoms with E-state index < -0.39 is 6.29 Å². The van der Waals surface area contributed by atoms with Crippen LogP contribution in [0.15, 0.2) is 73.3 Å². The summed E-state index contributed by atoms with van der Waals surface area (Å²) in [6, 6.07) is 23.9. The average Bonchev–Trinajstić information content (AvgIpc) is 2.81. The Balaban J connectivity index is 1.68. The molecule has 1 aliphatic rings. The first kappa shape index (κ1) is 23.3. The zero-order chi connectivity index (χ0) is 23.5. The van der Waals surface area contributed by atoms with Gasteiger partial charge in [0.25, 0.3) is 0 Å². The van der Waals surface area contributed by atoms with Gasteiger partial charge in [0.05, 0.1) is 12.2 Å². The summed E-state index contributed by atoms with van der Waals surface area (Å²) >= 11 is 0. The maximum Gasteiger partial charge on any atom is 0.184 e. The Labute approximate surface area is 198 Å². The van der Waals surface area contributed by atoms with E-state index in [4.69, 9.17) is 9.47 Å². The first-order chi connectivity index (χ1) is 15.9. The molecule has 0 aliphatic carbocycles. The van der Waals surface area contributed by atoms with Crippen molar-refractivity contribution in [2.45, 2.75) is 66.0 Å². The lowest BCUT2D eigenvalue weighted by Gasteiger charge is -2.35. The van der Waals surface area contributed by atoms with Gasteiger partial charge >= 0.3 is 0 Å². The lowest BCUT2D eigenvalue weighted by Crippen LogP contribution is -2.37. The summed E-state index contributed by atoms with van der Waals surface area (Å²) in [6.07, 6.45) is 1.91. The van der Waals surface area contributed by atoms with Gasteiger partial charge in [0.1, 0.15) is 0 Å². The second-order valence-electron chi connectivity index (χ2n) is 9.21. The Morgan fingerprint density at radius 1 is 0.848 bits per heavy atom. The van der Waals surface area contributed by atoms with Crippen LogP contribution in [0.4, 0.5) is 17.1 Å². The molecule has 0 radical (unpaired) electrons. The molecular formula is C30H35NO2. The first-order valence-electron chi connectivity index (χ1n) is 11.9. The number of nitrogens with zero attached hydrogens (tertiary/aromatic N) is 1. The molecule has 0 bridgehead atoms. The van der Waals surface area contributed by atoms with Crippen LogP contribution in [0.2, 0.25) is 0 Å². The standard InChI is InChI=1S/C30H35NO2/c1-7-28-19-23(5)32-30(33-28)24(6)29-17-16-27(18-22(29)4)31(25-12-8-20(2)9-13-25)26-14-10-21(3)11-15-26/h8-18,23,28,30H,6-7,19H2,1-5H3. The van der Waals surface area contributed by atoms with Crippen LogP contribution in [-0.4, -0.2) is 18.5 Å². The molecule has 0 saturated carbocycles. The van der Waals surface area contributed by atoms with E-state index in [0.29, 0.717) is 0 Å². The number of anilines is 3. The van der Waals surface area contributed by atoms with Crippen molar-refractivity contribution in [1.82, 2.24) is 0 Å². The minimum atomic E-state index is -0.395. The topological polar surface area (TPSA) is 21.7 Å². The van der Waals surface area contributed by atoms with Crippen LogP contribution in [0.3, 0.4) is 0 Å². The summed E-state index contributed by atoms with van der Waals surface area (Å²) in [5.74, 6) is 0. The molecule has 4 rings (SSSR count). The van der Waals surface area contributed by atoms with Gasteiger partial charge in [-0.05, 0) is 88.1 Å².